The molecule has 0 aromatic heterocycles. The topological polar surface area (TPSA) is 67.6 Å². The SMILES string of the molecule is COc1ccc([N+](=O)[O-])c(NCCN2CCSCC2)c1. The normalized spacial score (nSPS) is 15.8. The van der Waals surface area contributed by atoms with Crippen LogP contribution in [0.1, 0.15) is 0 Å². The Kier molecular flexibility index (Phi) is 5.49. The van der Waals surface area contributed by atoms with Crippen molar-refractivity contribution in [2.45, 2.75) is 0 Å². The van der Waals surface area contributed by atoms with E-state index in [-0.39, 0.29) is 10.6 Å². The monoisotopic (exact) mass is 297 g/mol. The van der Waals surface area contributed by atoms with Gasteiger partial charge in [0, 0.05) is 49.8 Å². The summed E-state index contributed by atoms with van der Waals surface area (Å²) in [5.41, 5.74) is 0.598. The van der Waals surface area contributed by atoms with E-state index in [0.29, 0.717) is 18.0 Å². The van der Waals surface area contributed by atoms with Gasteiger partial charge >= 0.3 is 0 Å². The van der Waals surface area contributed by atoms with Crippen LogP contribution < -0.4 is 10.1 Å². The van der Waals surface area contributed by atoms with Crippen molar-refractivity contribution in [3.05, 3.63) is 28.3 Å². The average molecular weight is 297 g/mol. The van der Waals surface area contributed by atoms with Gasteiger partial charge in [-0.25, -0.2) is 0 Å². The number of nitro benzene ring substituents is 1. The maximum absolute atomic E-state index is 11.0. The number of nitrogens with zero attached hydrogens (tertiary/aromatic N) is 2. The standard InChI is InChI=1S/C13H19N3O3S/c1-19-11-2-3-13(16(17)18)12(10-11)14-4-5-15-6-8-20-9-7-15/h2-3,10,14H,4-9H2,1H3. The third kappa shape index (κ3) is 4.01. The van der Waals surface area contributed by atoms with E-state index in [1.807, 2.05) is 11.8 Å². The summed E-state index contributed by atoms with van der Waals surface area (Å²) in [6, 6.07) is 4.74. The van der Waals surface area contributed by atoms with Crippen LogP contribution in [0.2, 0.25) is 0 Å². The number of hydrogen-bond acceptors (Lipinski definition) is 6. The first kappa shape index (κ1) is 14.9. The number of anilines is 1. The summed E-state index contributed by atoms with van der Waals surface area (Å²) in [6.45, 7) is 3.77. The molecule has 0 saturated carbocycles. The van der Waals surface area contributed by atoms with Gasteiger partial charge in [-0.05, 0) is 6.07 Å². The molecule has 1 aromatic rings. The van der Waals surface area contributed by atoms with Crippen LogP contribution in [0, 0.1) is 10.1 Å². The highest BCUT2D eigenvalue weighted by atomic mass is 32.2. The Labute approximate surface area is 122 Å². The van der Waals surface area contributed by atoms with Crippen LogP contribution in [0.15, 0.2) is 18.2 Å². The van der Waals surface area contributed by atoms with Crippen molar-refractivity contribution in [1.82, 2.24) is 4.90 Å². The lowest BCUT2D eigenvalue weighted by Gasteiger charge is -2.26. The average Bonchev–Trinajstić information content (AvgIpc) is 2.48. The molecule has 0 atom stereocenters. The number of hydrogen-bond donors (Lipinski definition) is 1. The van der Waals surface area contributed by atoms with Gasteiger partial charge in [-0.3, -0.25) is 15.0 Å². The highest BCUT2D eigenvalue weighted by molar-refractivity contribution is 7.99. The maximum atomic E-state index is 11.0. The van der Waals surface area contributed by atoms with Gasteiger partial charge in [-0.15, -0.1) is 0 Å². The lowest BCUT2D eigenvalue weighted by atomic mass is 10.2. The lowest BCUT2D eigenvalue weighted by molar-refractivity contribution is -0.384. The summed E-state index contributed by atoms with van der Waals surface area (Å²) in [7, 11) is 1.55. The van der Waals surface area contributed by atoms with Gasteiger partial charge in [-0.1, -0.05) is 0 Å². The summed E-state index contributed by atoms with van der Waals surface area (Å²) < 4.78 is 5.11. The molecule has 1 aromatic carbocycles. The molecule has 2 rings (SSSR count). The Balaban J connectivity index is 1.94. The second kappa shape index (κ2) is 7.35. The Morgan fingerprint density at radius 2 is 2.20 bits per heavy atom. The maximum Gasteiger partial charge on any atom is 0.292 e. The van der Waals surface area contributed by atoms with Gasteiger partial charge < -0.3 is 10.1 Å². The Hall–Kier alpha value is -1.47. The third-order valence-electron chi connectivity index (χ3n) is 3.25. The first-order valence-corrected chi connectivity index (χ1v) is 7.72. The summed E-state index contributed by atoms with van der Waals surface area (Å²) in [5, 5.41) is 14.1. The van der Waals surface area contributed by atoms with Gasteiger partial charge in [0.2, 0.25) is 0 Å². The molecule has 1 fully saturated rings. The van der Waals surface area contributed by atoms with E-state index >= 15 is 0 Å². The van der Waals surface area contributed by atoms with Crippen LogP contribution in [0.3, 0.4) is 0 Å². The minimum Gasteiger partial charge on any atom is -0.497 e. The molecular formula is C13H19N3O3S. The predicted octanol–water partition coefficient (Wildman–Crippen LogP) is 2.06. The number of nitrogens with one attached hydrogen (secondary N) is 1. The molecular weight excluding hydrogens is 278 g/mol. The summed E-state index contributed by atoms with van der Waals surface area (Å²) in [5.74, 6) is 2.95. The van der Waals surface area contributed by atoms with Crippen molar-refractivity contribution < 1.29 is 9.66 Å². The molecule has 0 aliphatic carbocycles. The molecule has 0 spiro atoms. The minimum absolute atomic E-state index is 0.0833. The van der Waals surface area contributed by atoms with Gasteiger partial charge in [0.15, 0.2) is 0 Å². The van der Waals surface area contributed by atoms with E-state index in [4.69, 9.17) is 4.74 Å². The van der Waals surface area contributed by atoms with Crippen LogP contribution in [-0.2, 0) is 0 Å². The zero-order valence-electron chi connectivity index (χ0n) is 11.5. The first-order valence-electron chi connectivity index (χ1n) is 6.57. The number of nitro groups is 1. The Bertz CT molecular complexity index is 464. The minimum atomic E-state index is -0.376. The highest BCUT2D eigenvalue weighted by Crippen LogP contribution is 2.28. The molecule has 0 unspecified atom stereocenters. The lowest BCUT2D eigenvalue weighted by Crippen LogP contribution is -2.36. The molecule has 1 N–H and O–H groups in total. The predicted molar refractivity (Wildman–Crippen MR) is 81.9 cm³/mol. The molecule has 0 amide bonds. The van der Waals surface area contributed by atoms with E-state index in [9.17, 15) is 10.1 Å². The van der Waals surface area contributed by atoms with Crippen molar-refractivity contribution in [2.24, 2.45) is 0 Å². The molecule has 20 heavy (non-hydrogen) atoms. The van der Waals surface area contributed by atoms with E-state index in [0.717, 1.165) is 19.6 Å². The molecule has 1 aliphatic rings. The molecule has 1 heterocycles. The van der Waals surface area contributed by atoms with Crippen LogP contribution in [0.25, 0.3) is 0 Å². The molecule has 1 aliphatic heterocycles. The van der Waals surface area contributed by atoms with Crippen LogP contribution >= 0.6 is 11.8 Å². The molecule has 7 heteroatoms. The van der Waals surface area contributed by atoms with Gasteiger partial charge in [0.1, 0.15) is 11.4 Å². The highest BCUT2D eigenvalue weighted by Gasteiger charge is 2.15. The largest absolute Gasteiger partial charge is 0.497 e. The quantitative estimate of drug-likeness (QED) is 0.640. The molecule has 6 nitrogen and oxygen atoms in total. The van der Waals surface area contributed by atoms with Crippen molar-refractivity contribution >= 4 is 23.1 Å². The fourth-order valence-electron chi connectivity index (χ4n) is 2.12. The fraction of sp³-hybridized carbons (Fsp3) is 0.538. The van der Waals surface area contributed by atoms with E-state index in [2.05, 4.69) is 10.2 Å². The number of methoxy groups -OCH3 is 1. The van der Waals surface area contributed by atoms with Crippen molar-refractivity contribution in [3.63, 3.8) is 0 Å². The van der Waals surface area contributed by atoms with Crippen LogP contribution in [0.4, 0.5) is 11.4 Å². The molecule has 0 radical (unpaired) electrons. The number of thioether (sulfide) groups is 1. The second-order valence-corrected chi connectivity index (χ2v) is 5.75. The van der Waals surface area contributed by atoms with Gasteiger partial charge in [0.05, 0.1) is 12.0 Å². The smallest absolute Gasteiger partial charge is 0.292 e. The number of ether oxygens (including phenoxy) is 1. The number of rotatable bonds is 6. The molecule has 0 bridgehead atoms. The zero-order chi connectivity index (χ0) is 14.4. The zero-order valence-corrected chi connectivity index (χ0v) is 12.3. The summed E-state index contributed by atoms with van der Waals surface area (Å²) in [4.78, 5) is 13.0. The van der Waals surface area contributed by atoms with Crippen molar-refractivity contribution in [2.75, 3.05) is 50.1 Å². The fourth-order valence-corrected chi connectivity index (χ4v) is 3.10. The number of benzene rings is 1. The third-order valence-corrected chi connectivity index (χ3v) is 4.19. The summed E-state index contributed by atoms with van der Waals surface area (Å²) >= 11 is 1.97. The Morgan fingerprint density at radius 1 is 1.45 bits per heavy atom. The van der Waals surface area contributed by atoms with E-state index < -0.39 is 0 Å². The van der Waals surface area contributed by atoms with Crippen molar-refractivity contribution in [3.8, 4) is 5.75 Å². The van der Waals surface area contributed by atoms with Gasteiger partial charge in [0.25, 0.3) is 5.69 Å². The Morgan fingerprint density at radius 3 is 2.85 bits per heavy atom. The van der Waals surface area contributed by atoms with Crippen LogP contribution in [0.5, 0.6) is 5.75 Å². The van der Waals surface area contributed by atoms with Gasteiger partial charge in [-0.2, -0.15) is 11.8 Å². The molecule has 110 valence electrons. The van der Waals surface area contributed by atoms with Crippen molar-refractivity contribution in [1.29, 1.82) is 0 Å². The van der Waals surface area contributed by atoms with Crippen LogP contribution in [-0.4, -0.2) is 54.6 Å². The first-order chi connectivity index (χ1) is 9.70. The van der Waals surface area contributed by atoms with E-state index in [1.165, 1.54) is 17.6 Å². The van der Waals surface area contributed by atoms with E-state index in [1.54, 1.807) is 19.2 Å². The summed E-state index contributed by atoms with van der Waals surface area (Å²) in [6.07, 6.45) is 0. The molecule has 1 saturated heterocycles. The second-order valence-electron chi connectivity index (χ2n) is 4.52.